The fourth-order valence-electron chi connectivity index (χ4n) is 0.638. The molecule has 1 unspecified atom stereocenters. The van der Waals surface area contributed by atoms with E-state index in [1.807, 2.05) is 13.8 Å². The third kappa shape index (κ3) is 3.25. The van der Waals surface area contributed by atoms with Gasteiger partial charge in [-0.1, -0.05) is 0 Å². The molecule has 0 aliphatic carbocycles. The lowest BCUT2D eigenvalue weighted by atomic mass is 10.2. The number of hydrogen-bond donors (Lipinski definition) is 1. The first kappa shape index (κ1) is 10.8. The van der Waals surface area contributed by atoms with Crippen molar-refractivity contribution < 1.29 is 0 Å². The second-order valence-corrected chi connectivity index (χ2v) is 2.35. The summed E-state index contributed by atoms with van der Waals surface area (Å²) in [6.45, 7) is 9.76. The summed E-state index contributed by atoms with van der Waals surface area (Å²) in [7, 11) is 0. The highest BCUT2D eigenvalue weighted by Crippen LogP contribution is 2.04. The van der Waals surface area contributed by atoms with Crippen LogP contribution in [0.1, 0.15) is 24.4 Å². The molecule has 0 amide bonds. The van der Waals surface area contributed by atoms with E-state index in [4.69, 9.17) is 5.73 Å². The lowest BCUT2D eigenvalue weighted by Crippen LogP contribution is -2.06. The van der Waals surface area contributed by atoms with Gasteiger partial charge in [0, 0.05) is 24.0 Å². The minimum atomic E-state index is 0.0283. The van der Waals surface area contributed by atoms with Gasteiger partial charge < -0.3 is 5.73 Å². The maximum Gasteiger partial charge on any atom is 0.125 e. The summed E-state index contributed by atoms with van der Waals surface area (Å²) in [5.74, 6) is 0.782. The van der Waals surface area contributed by atoms with Crippen molar-refractivity contribution in [1.29, 1.82) is 0 Å². The molecule has 0 spiro atoms. The average molecular weight is 165 g/mol. The van der Waals surface area contributed by atoms with E-state index in [-0.39, 0.29) is 6.04 Å². The van der Waals surface area contributed by atoms with E-state index in [1.54, 1.807) is 12.4 Å². The van der Waals surface area contributed by atoms with Gasteiger partial charge in [-0.05, 0) is 13.8 Å². The summed E-state index contributed by atoms with van der Waals surface area (Å²) < 4.78 is 0. The largest absolute Gasteiger partial charge is 0.324 e. The number of aromatic nitrogens is 2. The van der Waals surface area contributed by atoms with Crippen molar-refractivity contribution >= 4 is 0 Å². The van der Waals surface area contributed by atoms with Gasteiger partial charge in [-0.25, -0.2) is 9.97 Å². The molecule has 1 aromatic rings. The fourth-order valence-corrected chi connectivity index (χ4v) is 0.638. The maximum atomic E-state index is 5.58. The zero-order valence-corrected chi connectivity index (χ0v) is 7.62. The number of nitrogens with zero attached hydrogens (tertiary/aromatic N) is 2. The van der Waals surface area contributed by atoms with Crippen LogP contribution in [0.4, 0.5) is 0 Å². The molecule has 3 nitrogen and oxygen atoms in total. The molecule has 0 saturated heterocycles. The molecular formula is C9H15N3. The van der Waals surface area contributed by atoms with Gasteiger partial charge in [-0.3, -0.25) is 0 Å². The van der Waals surface area contributed by atoms with Crippen molar-refractivity contribution in [2.45, 2.75) is 19.9 Å². The van der Waals surface area contributed by atoms with E-state index in [0.717, 1.165) is 11.4 Å². The molecule has 0 aliphatic rings. The molecule has 0 saturated carbocycles. The minimum absolute atomic E-state index is 0.0283. The monoisotopic (exact) mass is 165 g/mol. The summed E-state index contributed by atoms with van der Waals surface area (Å²) in [5, 5.41) is 0. The van der Waals surface area contributed by atoms with Gasteiger partial charge in [-0.15, -0.1) is 13.2 Å². The molecule has 3 heteroatoms. The van der Waals surface area contributed by atoms with Gasteiger partial charge in [0.1, 0.15) is 5.82 Å². The van der Waals surface area contributed by atoms with Crippen molar-refractivity contribution in [3.05, 3.63) is 36.9 Å². The Morgan fingerprint density at radius 3 is 2.08 bits per heavy atom. The predicted octanol–water partition coefficient (Wildman–Crippen LogP) is 1.61. The first-order chi connectivity index (χ1) is 5.70. The molecular weight excluding hydrogens is 150 g/mol. The molecule has 1 heterocycles. The number of rotatable bonds is 1. The third-order valence-corrected chi connectivity index (χ3v) is 1.33. The minimum Gasteiger partial charge on any atom is -0.324 e. The Balaban J connectivity index is 0.000000561. The molecule has 0 fully saturated rings. The van der Waals surface area contributed by atoms with Crippen LogP contribution in [-0.2, 0) is 0 Å². The van der Waals surface area contributed by atoms with Gasteiger partial charge in [0.25, 0.3) is 0 Å². The molecule has 1 aromatic heterocycles. The molecule has 1 atom stereocenters. The Hall–Kier alpha value is -1.22. The fraction of sp³-hybridized carbons (Fsp3) is 0.333. The summed E-state index contributed by atoms with van der Waals surface area (Å²) in [6.07, 6.45) is 3.51. The smallest absolute Gasteiger partial charge is 0.125 e. The average Bonchev–Trinajstić information content (AvgIpc) is 2.09. The van der Waals surface area contributed by atoms with Crippen LogP contribution in [0.3, 0.4) is 0 Å². The lowest BCUT2D eigenvalue weighted by molar-refractivity contribution is 0.797. The van der Waals surface area contributed by atoms with Crippen LogP contribution < -0.4 is 5.73 Å². The highest BCUT2D eigenvalue weighted by atomic mass is 14.9. The Labute approximate surface area is 73.4 Å². The second-order valence-electron chi connectivity index (χ2n) is 2.35. The first-order valence-corrected chi connectivity index (χ1v) is 3.74. The lowest BCUT2D eigenvalue weighted by Gasteiger charge is -2.02. The predicted molar refractivity (Wildman–Crippen MR) is 50.6 cm³/mol. The Morgan fingerprint density at radius 1 is 1.33 bits per heavy atom. The van der Waals surface area contributed by atoms with Crippen molar-refractivity contribution in [2.75, 3.05) is 0 Å². The molecule has 1 rings (SSSR count). The first-order valence-electron chi connectivity index (χ1n) is 3.74. The highest BCUT2D eigenvalue weighted by molar-refractivity contribution is 5.08. The van der Waals surface area contributed by atoms with E-state index in [1.165, 1.54) is 0 Å². The van der Waals surface area contributed by atoms with Crippen molar-refractivity contribution in [1.82, 2.24) is 9.97 Å². The molecule has 2 N–H and O–H groups in total. The zero-order valence-electron chi connectivity index (χ0n) is 7.62. The summed E-state index contributed by atoms with van der Waals surface area (Å²) in [5.41, 5.74) is 6.56. The standard InChI is InChI=1S/C7H11N3.C2H4/c1-5(8)7-3-9-6(2)10-4-7;1-2/h3-5H,8H2,1-2H3;1-2H2. The highest BCUT2D eigenvalue weighted by Gasteiger charge is 1.97. The molecule has 12 heavy (non-hydrogen) atoms. The van der Waals surface area contributed by atoms with Crippen molar-refractivity contribution in [3.63, 3.8) is 0 Å². The van der Waals surface area contributed by atoms with E-state index in [2.05, 4.69) is 23.1 Å². The molecule has 0 bridgehead atoms. The van der Waals surface area contributed by atoms with Crippen LogP contribution in [0.2, 0.25) is 0 Å². The molecule has 66 valence electrons. The van der Waals surface area contributed by atoms with E-state index in [0.29, 0.717) is 0 Å². The zero-order chi connectivity index (χ0) is 9.56. The second kappa shape index (κ2) is 5.43. The Morgan fingerprint density at radius 2 is 1.75 bits per heavy atom. The quantitative estimate of drug-likeness (QED) is 0.643. The van der Waals surface area contributed by atoms with Gasteiger partial charge in [0.2, 0.25) is 0 Å². The summed E-state index contributed by atoms with van der Waals surface area (Å²) in [6, 6.07) is 0.0283. The van der Waals surface area contributed by atoms with Gasteiger partial charge in [0.05, 0.1) is 0 Å². The van der Waals surface area contributed by atoms with Crippen LogP contribution in [0.5, 0.6) is 0 Å². The van der Waals surface area contributed by atoms with Gasteiger partial charge >= 0.3 is 0 Å². The van der Waals surface area contributed by atoms with Crippen LogP contribution in [-0.4, -0.2) is 9.97 Å². The Bertz CT molecular complexity index is 216. The summed E-state index contributed by atoms with van der Waals surface area (Å²) in [4.78, 5) is 8.02. The van der Waals surface area contributed by atoms with Crippen LogP contribution in [0, 0.1) is 6.92 Å². The number of hydrogen-bond acceptors (Lipinski definition) is 3. The van der Waals surface area contributed by atoms with Gasteiger partial charge in [-0.2, -0.15) is 0 Å². The van der Waals surface area contributed by atoms with Crippen LogP contribution in [0.25, 0.3) is 0 Å². The van der Waals surface area contributed by atoms with Crippen molar-refractivity contribution in [2.24, 2.45) is 5.73 Å². The molecule has 0 aromatic carbocycles. The number of nitrogens with two attached hydrogens (primary N) is 1. The van der Waals surface area contributed by atoms with Crippen LogP contribution >= 0.6 is 0 Å². The number of aryl methyl sites for hydroxylation is 1. The van der Waals surface area contributed by atoms with E-state index in [9.17, 15) is 0 Å². The normalized spacial score (nSPS) is 11.2. The van der Waals surface area contributed by atoms with Crippen molar-refractivity contribution in [3.8, 4) is 0 Å². The topological polar surface area (TPSA) is 51.8 Å². The molecule has 0 radical (unpaired) electrons. The van der Waals surface area contributed by atoms with Crippen LogP contribution in [0.15, 0.2) is 25.6 Å². The SMILES string of the molecule is C=C.Cc1ncc(C(C)N)cn1. The van der Waals surface area contributed by atoms with E-state index >= 15 is 0 Å². The molecule has 0 aliphatic heterocycles. The van der Waals surface area contributed by atoms with Gasteiger partial charge in [0.15, 0.2) is 0 Å². The Kier molecular flexibility index (Phi) is 4.88. The third-order valence-electron chi connectivity index (χ3n) is 1.33. The maximum absolute atomic E-state index is 5.58. The van der Waals surface area contributed by atoms with E-state index < -0.39 is 0 Å². The summed E-state index contributed by atoms with van der Waals surface area (Å²) >= 11 is 0.